The summed E-state index contributed by atoms with van der Waals surface area (Å²) in [7, 11) is 0. The first kappa shape index (κ1) is 9.00. The van der Waals surface area contributed by atoms with Crippen LogP contribution >= 0.6 is 11.3 Å². The average Bonchev–Trinajstić information content (AvgIpc) is 2.88. The van der Waals surface area contributed by atoms with E-state index in [2.05, 4.69) is 16.3 Å². The van der Waals surface area contributed by atoms with E-state index in [1.54, 1.807) is 5.51 Å². The minimum Gasteiger partial charge on any atom is -0.388 e. The van der Waals surface area contributed by atoms with E-state index in [0.717, 1.165) is 29.0 Å². The molecule has 1 aliphatic carbocycles. The van der Waals surface area contributed by atoms with Crippen molar-refractivity contribution < 1.29 is 5.11 Å². The Balaban J connectivity index is 2.18. The van der Waals surface area contributed by atoms with Gasteiger partial charge < -0.3 is 5.11 Å². The third kappa shape index (κ3) is 1.37. The van der Waals surface area contributed by atoms with Crippen LogP contribution in [-0.2, 0) is 6.42 Å². The molecule has 1 aliphatic rings. The molecule has 0 saturated heterocycles. The fourth-order valence-corrected chi connectivity index (χ4v) is 2.73. The predicted molar refractivity (Wildman–Crippen MR) is 58.6 cm³/mol. The summed E-state index contributed by atoms with van der Waals surface area (Å²) in [6, 6.07) is 6.03. The molecular formula is C11H10N2OS. The van der Waals surface area contributed by atoms with Gasteiger partial charge in [-0.3, -0.25) is 0 Å². The lowest BCUT2D eigenvalue weighted by molar-refractivity contribution is 0.180. The second kappa shape index (κ2) is 3.40. The van der Waals surface area contributed by atoms with Crippen LogP contribution in [0.3, 0.4) is 0 Å². The molecule has 4 heteroatoms. The molecule has 1 atom stereocenters. The molecule has 0 radical (unpaired) electrons. The zero-order valence-electron chi connectivity index (χ0n) is 8.05. The highest BCUT2D eigenvalue weighted by Crippen LogP contribution is 2.37. The van der Waals surface area contributed by atoms with Gasteiger partial charge in [0.15, 0.2) is 0 Å². The van der Waals surface area contributed by atoms with Gasteiger partial charge in [0, 0.05) is 5.56 Å². The molecule has 1 heterocycles. The van der Waals surface area contributed by atoms with Crippen LogP contribution in [0.2, 0.25) is 0 Å². The zero-order valence-corrected chi connectivity index (χ0v) is 8.87. The molecular weight excluding hydrogens is 208 g/mol. The van der Waals surface area contributed by atoms with Gasteiger partial charge in [-0.05, 0) is 24.0 Å². The van der Waals surface area contributed by atoms with Crippen LogP contribution in [0.15, 0.2) is 23.7 Å². The molecule has 1 aromatic carbocycles. The SMILES string of the molecule is OC1CCc2c(-c3nncs3)cccc21. The number of rotatable bonds is 1. The Bertz CT molecular complexity index is 481. The summed E-state index contributed by atoms with van der Waals surface area (Å²) in [6.45, 7) is 0. The minimum atomic E-state index is -0.298. The summed E-state index contributed by atoms with van der Waals surface area (Å²) in [5, 5.41) is 18.6. The van der Waals surface area contributed by atoms with Crippen molar-refractivity contribution in [1.82, 2.24) is 10.2 Å². The van der Waals surface area contributed by atoms with Gasteiger partial charge >= 0.3 is 0 Å². The summed E-state index contributed by atoms with van der Waals surface area (Å²) in [4.78, 5) is 0. The van der Waals surface area contributed by atoms with Gasteiger partial charge in [-0.15, -0.1) is 10.2 Å². The lowest BCUT2D eigenvalue weighted by Gasteiger charge is -2.06. The first-order chi connectivity index (χ1) is 7.36. The number of benzene rings is 1. The van der Waals surface area contributed by atoms with Crippen LogP contribution in [0.5, 0.6) is 0 Å². The number of aliphatic hydroxyl groups excluding tert-OH is 1. The number of nitrogens with zero attached hydrogens (tertiary/aromatic N) is 2. The van der Waals surface area contributed by atoms with Crippen molar-refractivity contribution in [3.63, 3.8) is 0 Å². The first-order valence-electron chi connectivity index (χ1n) is 4.92. The average molecular weight is 218 g/mol. The van der Waals surface area contributed by atoms with E-state index in [-0.39, 0.29) is 6.10 Å². The number of hydrogen-bond donors (Lipinski definition) is 1. The molecule has 3 nitrogen and oxygen atoms in total. The van der Waals surface area contributed by atoms with Crippen molar-refractivity contribution >= 4 is 11.3 Å². The molecule has 1 N–H and O–H groups in total. The molecule has 76 valence electrons. The van der Waals surface area contributed by atoms with E-state index in [4.69, 9.17) is 0 Å². The van der Waals surface area contributed by atoms with E-state index < -0.39 is 0 Å². The van der Waals surface area contributed by atoms with Crippen molar-refractivity contribution in [1.29, 1.82) is 0 Å². The Kier molecular flexibility index (Phi) is 2.04. The normalized spacial score (nSPS) is 19.1. The molecule has 1 aromatic heterocycles. The summed E-state index contributed by atoms with van der Waals surface area (Å²) < 4.78 is 0. The lowest BCUT2D eigenvalue weighted by atomic mass is 10.0. The van der Waals surface area contributed by atoms with E-state index in [1.165, 1.54) is 16.9 Å². The van der Waals surface area contributed by atoms with Gasteiger partial charge in [-0.1, -0.05) is 29.5 Å². The quantitative estimate of drug-likeness (QED) is 0.798. The highest BCUT2D eigenvalue weighted by molar-refractivity contribution is 7.12. The predicted octanol–water partition coefficient (Wildman–Crippen LogP) is 2.18. The van der Waals surface area contributed by atoms with E-state index in [9.17, 15) is 5.11 Å². The van der Waals surface area contributed by atoms with Crippen molar-refractivity contribution in [2.24, 2.45) is 0 Å². The molecule has 0 aliphatic heterocycles. The number of hydrogen-bond acceptors (Lipinski definition) is 4. The van der Waals surface area contributed by atoms with Crippen molar-refractivity contribution in [2.75, 3.05) is 0 Å². The molecule has 3 rings (SSSR count). The molecule has 0 bridgehead atoms. The van der Waals surface area contributed by atoms with Gasteiger partial charge in [0.1, 0.15) is 10.5 Å². The van der Waals surface area contributed by atoms with Crippen molar-refractivity contribution in [3.8, 4) is 10.6 Å². The maximum Gasteiger partial charge on any atom is 0.147 e. The van der Waals surface area contributed by atoms with Crippen LogP contribution < -0.4 is 0 Å². The first-order valence-corrected chi connectivity index (χ1v) is 5.80. The van der Waals surface area contributed by atoms with Crippen molar-refractivity contribution in [2.45, 2.75) is 18.9 Å². The fraction of sp³-hybridized carbons (Fsp3) is 0.273. The summed E-state index contributed by atoms with van der Waals surface area (Å²) in [5.41, 5.74) is 5.16. The topological polar surface area (TPSA) is 46.0 Å². The van der Waals surface area contributed by atoms with Gasteiger partial charge in [0.25, 0.3) is 0 Å². The Labute approximate surface area is 91.4 Å². The monoisotopic (exact) mass is 218 g/mol. The van der Waals surface area contributed by atoms with Crippen LogP contribution in [0.4, 0.5) is 0 Å². The second-order valence-electron chi connectivity index (χ2n) is 3.67. The van der Waals surface area contributed by atoms with Crippen LogP contribution in [0.1, 0.15) is 23.7 Å². The van der Waals surface area contributed by atoms with E-state index >= 15 is 0 Å². The highest BCUT2D eigenvalue weighted by atomic mass is 32.1. The molecule has 0 spiro atoms. The molecule has 15 heavy (non-hydrogen) atoms. The summed E-state index contributed by atoms with van der Waals surface area (Å²) >= 11 is 1.54. The molecule has 0 amide bonds. The maximum atomic E-state index is 9.77. The number of fused-ring (bicyclic) bond motifs is 1. The van der Waals surface area contributed by atoms with Crippen LogP contribution in [0.25, 0.3) is 10.6 Å². The molecule has 0 fully saturated rings. The highest BCUT2D eigenvalue weighted by Gasteiger charge is 2.23. The number of aromatic nitrogens is 2. The van der Waals surface area contributed by atoms with Gasteiger partial charge in [-0.2, -0.15) is 0 Å². The summed E-state index contributed by atoms with van der Waals surface area (Å²) in [6.07, 6.45) is 1.46. The van der Waals surface area contributed by atoms with Crippen molar-refractivity contribution in [3.05, 3.63) is 34.8 Å². The van der Waals surface area contributed by atoms with E-state index in [1.807, 2.05) is 12.1 Å². The Morgan fingerprint density at radius 2 is 2.33 bits per heavy atom. The molecule has 2 aromatic rings. The Hall–Kier alpha value is -1.26. The smallest absolute Gasteiger partial charge is 0.147 e. The standard InChI is InChI=1S/C11H10N2OS/c14-10-5-4-7-8(10)2-1-3-9(7)11-13-12-6-15-11/h1-3,6,10,14H,4-5H2. The van der Waals surface area contributed by atoms with Gasteiger partial charge in [0.05, 0.1) is 6.10 Å². The zero-order chi connectivity index (χ0) is 10.3. The largest absolute Gasteiger partial charge is 0.388 e. The maximum absolute atomic E-state index is 9.77. The number of aliphatic hydroxyl groups is 1. The molecule has 0 saturated carbocycles. The Morgan fingerprint density at radius 3 is 3.13 bits per heavy atom. The second-order valence-corrected chi connectivity index (χ2v) is 4.50. The summed E-state index contributed by atoms with van der Waals surface area (Å²) in [5.74, 6) is 0. The lowest BCUT2D eigenvalue weighted by Crippen LogP contribution is -1.91. The minimum absolute atomic E-state index is 0.298. The van der Waals surface area contributed by atoms with Crippen LogP contribution in [0, 0.1) is 0 Å². The van der Waals surface area contributed by atoms with Gasteiger partial charge in [-0.25, -0.2) is 0 Å². The van der Waals surface area contributed by atoms with Crippen LogP contribution in [-0.4, -0.2) is 15.3 Å². The third-order valence-electron chi connectivity index (χ3n) is 2.83. The molecule has 1 unspecified atom stereocenters. The fourth-order valence-electron chi connectivity index (χ4n) is 2.12. The van der Waals surface area contributed by atoms with Gasteiger partial charge in [0.2, 0.25) is 0 Å². The third-order valence-corrected chi connectivity index (χ3v) is 3.55. The Morgan fingerprint density at radius 1 is 1.40 bits per heavy atom. The van der Waals surface area contributed by atoms with E-state index in [0.29, 0.717) is 0 Å².